The normalized spacial score (nSPS) is 17.4. The van der Waals surface area contributed by atoms with Crippen molar-refractivity contribution in [2.24, 2.45) is 0 Å². The molecule has 1 aromatic heterocycles. The molecule has 1 N–H and O–H groups in total. The number of allylic oxidation sites excluding steroid dienone is 1. The third-order valence-corrected chi connectivity index (χ3v) is 5.84. The molecule has 1 atom stereocenters. The molecule has 0 fully saturated rings. The van der Waals surface area contributed by atoms with E-state index in [9.17, 15) is 9.59 Å². The van der Waals surface area contributed by atoms with Crippen molar-refractivity contribution in [1.82, 2.24) is 14.8 Å². The van der Waals surface area contributed by atoms with E-state index in [0.717, 1.165) is 33.8 Å². The van der Waals surface area contributed by atoms with Crippen LogP contribution in [0.2, 0.25) is 0 Å². The Hall–Kier alpha value is -3.80. The number of aromatic nitrogens is 1. The number of hydrogen-bond donors (Lipinski definition) is 1. The van der Waals surface area contributed by atoms with Crippen LogP contribution in [-0.2, 0) is 16.1 Å². The standard InChI is InChI=1S/C28H31N3O3/c1-19-17-25(32)31(18-20-12-14-21(34-5)15-13-20)26(27(33)29-28(2,3)4)22-9-6-7-10-24(22)30-16-8-11-23(19)30/h6-17,26H,18H2,1-5H3,(H,29,33)/b19-17-. The predicted molar refractivity (Wildman–Crippen MR) is 134 cm³/mol. The highest BCUT2D eigenvalue weighted by Gasteiger charge is 2.35. The minimum Gasteiger partial charge on any atom is -0.497 e. The van der Waals surface area contributed by atoms with Crippen LogP contribution in [0.15, 0.2) is 72.9 Å². The van der Waals surface area contributed by atoms with Gasteiger partial charge in [-0.05, 0) is 69.2 Å². The van der Waals surface area contributed by atoms with E-state index in [1.165, 1.54) is 0 Å². The summed E-state index contributed by atoms with van der Waals surface area (Å²) in [6.45, 7) is 8.02. The summed E-state index contributed by atoms with van der Waals surface area (Å²) < 4.78 is 7.32. The number of hydrogen-bond acceptors (Lipinski definition) is 3. The highest BCUT2D eigenvalue weighted by molar-refractivity contribution is 5.99. The van der Waals surface area contributed by atoms with Crippen molar-refractivity contribution in [3.05, 3.63) is 89.8 Å². The molecule has 6 nitrogen and oxygen atoms in total. The van der Waals surface area contributed by atoms with Gasteiger partial charge in [0.25, 0.3) is 0 Å². The number of nitrogens with zero attached hydrogens (tertiary/aromatic N) is 2. The minimum absolute atomic E-state index is 0.216. The van der Waals surface area contributed by atoms with Crippen LogP contribution in [0, 0.1) is 0 Å². The summed E-state index contributed by atoms with van der Waals surface area (Å²) >= 11 is 0. The third kappa shape index (κ3) is 4.76. The van der Waals surface area contributed by atoms with E-state index < -0.39 is 11.6 Å². The Morgan fingerprint density at radius 1 is 1.03 bits per heavy atom. The van der Waals surface area contributed by atoms with Gasteiger partial charge in [-0.3, -0.25) is 9.59 Å². The number of carbonyl (C=O) groups excluding carboxylic acids is 2. The van der Waals surface area contributed by atoms with Crippen LogP contribution in [-0.4, -0.2) is 33.9 Å². The summed E-state index contributed by atoms with van der Waals surface area (Å²) in [5.74, 6) is 0.303. The molecule has 4 rings (SSSR count). The second-order valence-corrected chi connectivity index (χ2v) is 9.61. The van der Waals surface area contributed by atoms with E-state index in [4.69, 9.17) is 4.74 Å². The number of carbonyl (C=O) groups is 2. The van der Waals surface area contributed by atoms with Crippen LogP contribution in [0.4, 0.5) is 0 Å². The van der Waals surface area contributed by atoms with Crippen LogP contribution in [0.25, 0.3) is 11.3 Å². The topological polar surface area (TPSA) is 63.6 Å². The second-order valence-electron chi connectivity index (χ2n) is 9.61. The maximum absolute atomic E-state index is 13.8. The molecule has 0 saturated heterocycles. The maximum atomic E-state index is 13.8. The monoisotopic (exact) mass is 457 g/mol. The van der Waals surface area contributed by atoms with Gasteiger partial charge in [0.05, 0.1) is 12.8 Å². The van der Waals surface area contributed by atoms with Crippen LogP contribution >= 0.6 is 0 Å². The van der Waals surface area contributed by atoms with Gasteiger partial charge in [-0.25, -0.2) is 0 Å². The Labute approximate surface area is 200 Å². The highest BCUT2D eigenvalue weighted by Crippen LogP contribution is 2.33. The zero-order chi connectivity index (χ0) is 24.5. The van der Waals surface area contributed by atoms with Gasteiger partial charge in [0.1, 0.15) is 11.8 Å². The smallest absolute Gasteiger partial charge is 0.248 e. The van der Waals surface area contributed by atoms with Crippen molar-refractivity contribution < 1.29 is 14.3 Å². The zero-order valence-electron chi connectivity index (χ0n) is 20.3. The van der Waals surface area contributed by atoms with Gasteiger partial charge < -0.3 is 19.5 Å². The first-order valence-corrected chi connectivity index (χ1v) is 11.4. The molecule has 0 aliphatic carbocycles. The molecule has 6 heteroatoms. The molecular formula is C28H31N3O3. The summed E-state index contributed by atoms with van der Waals surface area (Å²) in [7, 11) is 1.62. The van der Waals surface area contributed by atoms with Crippen LogP contribution in [0.3, 0.4) is 0 Å². The fourth-order valence-electron chi connectivity index (χ4n) is 4.31. The van der Waals surface area contributed by atoms with Crippen LogP contribution in [0.5, 0.6) is 5.75 Å². The molecule has 1 aliphatic heterocycles. The molecule has 1 aliphatic rings. The predicted octanol–water partition coefficient (Wildman–Crippen LogP) is 4.89. The molecular weight excluding hydrogens is 426 g/mol. The van der Waals surface area contributed by atoms with Crippen molar-refractivity contribution in [1.29, 1.82) is 0 Å². The van der Waals surface area contributed by atoms with Gasteiger partial charge in [0.15, 0.2) is 0 Å². The molecule has 2 heterocycles. The van der Waals surface area contributed by atoms with E-state index in [1.807, 2.05) is 99.1 Å². The Morgan fingerprint density at radius 2 is 1.74 bits per heavy atom. The number of amides is 2. The molecule has 0 saturated carbocycles. The Balaban J connectivity index is 1.90. The first kappa shape index (κ1) is 23.4. The molecule has 34 heavy (non-hydrogen) atoms. The van der Waals surface area contributed by atoms with Gasteiger partial charge in [-0.2, -0.15) is 0 Å². The quantitative estimate of drug-likeness (QED) is 0.607. The van der Waals surface area contributed by atoms with Crippen LogP contribution < -0.4 is 10.1 Å². The lowest BCUT2D eigenvalue weighted by Crippen LogP contribution is -2.49. The molecule has 2 amide bonds. The first-order chi connectivity index (χ1) is 16.2. The summed E-state index contributed by atoms with van der Waals surface area (Å²) in [4.78, 5) is 29.1. The third-order valence-electron chi connectivity index (χ3n) is 5.84. The van der Waals surface area contributed by atoms with E-state index in [0.29, 0.717) is 0 Å². The fourth-order valence-corrected chi connectivity index (χ4v) is 4.31. The summed E-state index contributed by atoms with van der Waals surface area (Å²) in [5.41, 5.74) is 3.85. The highest BCUT2D eigenvalue weighted by atomic mass is 16.5. The first-order valence-electron chi connectivity index (χ1n) is 11.4. The van der Waals surface area contributed by atoms with E-state index >= 15 is 0 Å². The van der Waals surface area contributed by atoms with Gasteiger partial charge in [-0.1, -0.05) is 30.3 Å². The number of nitrogens with one attached hydrogen (secondary N) is 1. The van der Waals surface area contributed by atoms with Gasteiger partial charge in [0.2, 0.25) is 11.8 Å². The van der Waals surface area contributed by atoms with E-state index in [2.05, 4.69) is 5.32 Å². The van der Waals surface area contributed by atoms with Crippen molar-refractivity contribution in [3.63, 3.8) is 0 Å². The van der Waals surface area contributed by atoms with Gasteiger partial charge in [-0.15, -0.1) is 0 Å². The second kappa shape index (κ2) is 9.21. The van der Waals surface area contributed by atoms with Crippen molar-refractivity contribution in [2.75, 3.05) is 7.11 Å². The zero-order valence-corrected chi connectivity index (χ0v) is 20.3. The molecule has 0 radical (unpaired) electrons. The Bertz CT molecular complexity index is 1230. The van der Waals surface area contributed by atoms with Crippen LogP contribution in [0.1, 0.15) is 50.6 Å². The molecule has 176 valence electrons. The summed E-state index contributed by atoms with van der Waals surface area (Å²) in [6.07, 6.45) is 3.59. The number of methoxy groups -OCH3 is 1. The SMILES string of the molecule is COc1ccc(CN2C(=O)/C=C(/C)c3cccn3-c3ccccc3C2C(=O)NC(C)(C)C)cc1. The number of para-hydroxylation sites is 1. The van der Waals surface area contributed by atoms with Crippen molar-refractivity contribution in [2.45, 2.75) is 45.8 Å². The van der Waals surface area contributed by atoms with E-state index in [-0.39, 0.29) is 18.4 Å². The molecule has 0 spiro atoms. The minimum atomic E-state index is -0.817. The average Bonchev–Trinajstić information content (AvgIpc) is 3.28. The summed E-state index contributed by atoms with van der Waals surface area (Å²) in [5, 5.41) is 3.10. The molecule has 2 aromatic carbocycles. The Morgan fingerprint density at radius 3 is 2.41 bits per heavy atom. The van der Waals surface area contributed by atoms with Gasteiger partial charge in [0, 0.05) is 35.6 Å². The Kier molecular flexibility index (Phi) is 6.33. The fraction of sp³-hybridized carbons (Fsp3) is 0.286. The maximum Gasteiger partial charge on any atom is 0.248 e. The lowest BCUT2D eigenvalue weighted by atomic mass is 9.99. The van der Waals surface area contributed by atoms with Crippen molar-refractivity contribution in [3.8, 4) is 11.4 Å². The van der Waals surface area contributed by atoms with Crippen molar-refractivity contribution >= 4 is 17.4 Å². The molecule has 1 unspecified atom stereocenters. The lowest BCUT2D eigenvalue weighted by molar-refractivity contribution is -0.138. The number of benzene rings is 2. The number of fused-ring (bicyclic) bond motifs is 3. The number of ether oxygens (including phenoxy) is 1. The lowest BCUT2D eigenvalue weighted by Gasteiger charge is -2.34. The number of rotatable bonds is 4. The molecule has 3 aromatic rings. The van der Waals surface area contributed by atoms with Gasteiger partial charge >= 0.3 is 0 Å². The summed E-state index contributed by atoms with van der Waals surface area (Å²) in [6, 6.07) is 18.5. The average molecular weight is 458 g/mol. The largest absolute Gasteiger partial charge is 0.497 e. The molecule has 0 bridgehead atoms. The van der Waals surface area contributed by atoms with E-state index in [1.54, 1.807) is 18.1 Å².